The Hall–Kier alpha value is -2.86. The summed E-state index contributed by atoms with van der Waals surface area (Å²) in [7, 11) is 1.62. The molecule has 2 aromatic carbocycles. The third kappa shape index (κ3) is 3.80. The molecule has 1 aliphatic heterocycles. The average Bonchev–Trinajstić information content (AvgIpc) is 3.33. The smallest absolute Gasteiger partial charge is 0.233 e. The van der Waals surface area contributed by atoms with Gasteiger partial charge in [0.25, 0.3) is 0 Å². The number of aromatic nitrogens is 1. The number of methoxy groups -OCH3 is 1. The summed E-state index contributed by atoms with van der Waals surface area (Å²) in [6.07, 6.45) is 1.22. The lowest BCUT2D eigenvalue weighted by atomic mass is 10.2. The first-order chi connectivity index (χ1) is 13.2. The molecule has 0 radical (unpaired) electrons. The Bertz CT molecular complexity index is 954. The summed E-state index contributed by atoms with van der Waals surface area (Å²) in [5, 5.41) is 2.77. The number of ether oxygens (including phenoxy) is 2. The Labute approximate surface area is 162 Å². The van der Waals surface area contributed by atoms with Gasteiger partial charge < -0.3 is 14.4 Å². The highest BCUT2D eigenvalue weighted by Gasteiger charge is 2.24. The van der Waals surface area contributed by atoms with Crippen LogP contribution in [0.3, 0.4) is 0 Å². The second-order valence-electron chi connectivity index (χ2n) is 6.27. The van der Waals surface area contributed by atoms with E-state index in [-0.39, 0.29) is 5.91 Å². The van der Waals surface area contributed by atoms with E-state index in [2.05, 4.69) is 11.1 Å². The molecule has 0 N–H and O–H groups in total. The summed E-state index contributed by atoms with van der Waals surface area (Å²) < 4.78 is 11.1. The third-order valence-electron chi connectivity index (χ3n) is 4.54. The molecule has 0 bridgehead atoms. The zero-order valence-corrected chi connectivity index (χ0v) is 15.9. The van der Waals surface area contributed by atoms with E-state index in [0.29, 0.717) is 24.5 Å². The molecule has 6 heteroatoms. The van der Waals surface area contributed by atoms with Crippen molar-refractivity contribution in [1.29, 1.82) is 0 Å². The van der Waals surface area contributed by atoms with Gasteiger partial charge in [-0.05, 0) is 30.2 Å². The zero-order chi connectivity index (χ0) is 18.6. The molecule has 2 heterocycles. The average molecular weight is 380 g/mol. The van der Waals surface area contributed by atoms with Gasteiger partial charge in [-0.1, -0.05) is 30.3 Å². The van der Waals surface area contributed by atoms with Gasteiger partial charge in [0.1, 0.15) is 11.6 Å². The summed E-state index contributed by atoms with van der Waals surface area (Å²) in [4.78, 5) is 19.1. The summed E-state index contributed by atoms with van der Waals surface area (Å²) in [6.45, 7) is 1.10. The zero-order valence-electron chi connectivity index (χ0n) is 15.1. The van der Waals surface area contributed by atoms with Gasteiger partial charge in [0.15, 0.2) is 11.5 Å². The van der Waals surface area contributed by atoms with Crippen LogP contribution >= 0.6 is 11.3 Å². The SMILES string of the molecule is COc1ccccc1OCc1nc(CC(=O)N2CCc3ccccc32)cs1. The summed E-state index contributed by atoms with van der Waals surface area (Å²) in [6, 6.07) is 15.6. The van der Waals surface area contributed by atoms with Gasteiger partial charge in [-0.3, -0.25) is 4.79 Å². The van der Waals surface area contributed by atoms with Crippen molar-refractivity contribution < 1.29 is 14.3 Å². The minimum absolute atomic E-state index is 0.0856. The number of nitrogens with zero attached hydrogens (tertiary/aromatic N) is 2. The predicted molar refractivity (Wildman–Crippen MR) is 106 cm³/mol. The topological polar surface area (TPSA) is 51.7 Å². The van der Waals surface area contributed by atoms with Crippen LogP contribution in [0.25, 0.3) is 0 Å². The highest BCUT2D eigenvalue weighted by Crippen LogP contribution is 2.29. The van der Waals surface area contributed by atoms with E-state index in [1.807, 2.05) is 52.7 Å². The lowest BCUT2D eigenvalue weighted by Crippen LogP contribution is -2.30. The molecule has 1 aliphatic rings. The van der Waals surface area contributed by atoms with Crippen LogP contribution in [0.15, 0.2) is 53.9 Å². The molecule has 0 unspecified atom stereocenters. The van der Waals surface area contributed by atoms with Gasteiger partial charge in [-0.15, -0.1) is 11.3 Å². The molecule has 1 amide bonds. The van der Waals surface area contributed by atoms with E-state index in [0.717, 1.165) is 29.4 Å². The van der Waals surface area contributed by atoms with Crippen molar-refractivity contribution >= 4 is 22.9 Å². The van der Waals surface area contributed by atoms with Crippen molar-refractivity contribution in [3.05, 3.63) is 70.2 Å². The van der Waals surface area contributed by atoms with E-state index in [4.69, 9.17) is 9.47 Å². The third-order valence-corrected chi connectivity index (χ3v) is 5.41. The number of benzene rings is 2. The number of fused-ring (bicyclic) bond motifs is 1. The van der Waals surface area contributed by atoms with Gasteiger partial charge in [0, 0.05) is 17.6 Å². The van der Waals surface area contributed by atoms with E-state index in [1.165, 1.54) is 16.9 Å². The van der Waals surface area contributed by atoms with Gasteiger partial charge in [0.2, 0.25) is 5.91 Å². The number of rotatable bonds is 6. The lowest BCUT2D eigenvalue weighted by molar-refractivity contribution is -0.117. The first-order valence-corrected chi connectivity index (χ1v) is 9.70. The molecule has 0 aliphatic carbocycles. The molecule has 0 atom stereocenters. The molecular formula is C21H20N2O3S. The Balaban J connectivity index is 1.38. The first-order valence-electron chi connectivity index (χ1n) is 8.82. The van der Waals surface area contributed by atoms with E-state index in [1.54, 1.807) is 7.11 Å². The van der Waals surface area contributed by atoms with Crippen LogP contribution in [0.4, 0.5) is 5.69 Å². The van der Waals surface area contributed by atoms with Crippen LogP contribution in [0.1, 0.15) is 16.3 Å². The first kappa shape index (κ1) is 17.5. The molecule has 27 heavy (non-hydrogen) atoms. The quantitative estimate of drug-likeness (QED) is 0.652. The predicted octanol–water partition coefficient (Wildman–Crippen LogP) is 3.86. The van der Waals surface area contributed by atoms with E-state index in [9.17, 15) is 4.79 Å². The second kappa shape index (κ2) is 7.80. The van der Waals surface area contributed by atoms with Crippen LogP contribution in [0, 0.1) is 0 Å². The molecule has 0 fully saturated rings. The van der Waals surface area contributed by atoms with Gasteiger partial charge in [-0.2, -0.15) is 0 Å². The van der Waals surface area contributed by atoms with Crippen molar-refractivity contribution in [3.8, 4) is 11.5 Å². The highest BCUT2D eigenvalue weighted by atomic mass is 32.1. The molecule has 4 rings (SSSR count). The second-order valence-corrected chi connectivity index (χ2v) is 7.22. The van der Waals surface area contributed by atoms with Crippen molar-refractivity contribution in [2.45, 2.75) is 19.4 Å². The molecule has 1 aromatic heterocycles. The van der Waals surface area contributed by atoms with E-state index < -0.39 is 0 Å². The van der Waals surface area contributed by atoms with Crippen LogP contribution in [0.2, 0.25) is 0 Å². The molecule has 0 saturated heterocycles. The minimum Gasteiger partial charge on any atom is -0.493 e. The maximum absolute atomic E-state index is 12.7. The van der Waals surface area contributed by atoms with Crippen molar-refractivity contribution in [3.63, 3.8) is 0 Å². The number of anilines is 1. The van der Waals surface area contributed by atoms with Gasteiger partial charge in [-0.25, -0.2) is 4.98 Å². The molecule has 138 valence electrons. The lowest BCUT2D eigenvalue weighted by Gasteiger charge is -2.16. The molecule has 3 aromatic rings. The highest BCUT2D eigenvalue weighted by molar-refractivity contribution is 7.09. The Kier molecular flexibility index (Phi) is 5.07. The van der Waals surface area contributed by atoms with Gasteiger partial charge >= 0.3 is 0 Å². The fourth-order valence-electron chi connectivity index (χ4n) is 3.22. The Morgan fingerprint density at radius 2 is 1.93 bits per heavy atom. The number of para-hydroxylation sites is 3. The fraction of sp³-hybridized carbons (Fsp3) is 0.238. The van der Waals surface area contributed by atoms with Crippen molar-refractivity contribution in [1.82, 2.24) is 4.98 Å². The molecular weight excluding hydrogens is 360 g/mol. The van der Waals surface area contributed by atoms with Crippen molar-refractivity contribution in [2.75, 3.05) is 18.6 Å². The van der Waals surface area contributed by atoms with E-state index >= 15 is 0 Å². The number of hydrogen-bond donors (Lipinski definition) is 0. The number of carbonyl (C=O) groups is 1. The number of carbonyl (C=O) groups excluding carboxylic acids is 1. The summed E-state index contributed by atoms with van der Waals surface area (Å²) in [5.41, 5.74) is 3.04. The molecule has 0 saturated carbocycles. The van der Waals surface area contributed by atoms with Crippen molar-refractivity contribution in [2.24, 2.45) is 0 Å². The maximum Gasteiger partial charge on any atom is 0.233 e. The number of amides is 1. The molecule has 5 nitrogen and oxygen atoms in total. The van der Waals surface area contributed by atoms with Crippen LogP contribution < -0.4 is 14.4 Å². The van der Waals surface area contributed by atoms with Crippen LogP contribution in [-0.4, -0.2) is 24.5 Å². The van der Waals surface area contributed by atoms with Gasteiger partial charge in [0.05, 0.1) is 19.2 Å². The molecule has 0 spiro atoms. The van der Waals surface area contributed by atoms with Crippen LogP contribution in [0.5, 0.6) is 11.5 Å². The normalized spacial score (nSPS) is 12.7. The number of thiazole rings is 1. The van der Waals surface area contributed by atoms with Crippen LogP contribution in [-0.2, 0) is 24.2 Å². The Morgan fingerprint density at radius 1 is 1.15 bits per heavy atom. The summed E-state index contributed by atoms with van der Waals surface area (Å²) in [5.74, 6) is 1.46. The minimum atomic E-state index is 0.0856. The Morgan fingerprint density at radius 3 is 2.78 bits per heavy atom. The number of hydrogen-bond acceptors (Lipinski definition) is 5. The fourth-order valence-corrected chi connectivity index (χ4v) is 3.93. The standard InChI is InChI=1S/C21H20N2O3S/c1-25-18-8-4-5-9-19(18)26-13-20-22-16(14-27-20)12-21(24)23-11-10-15-6-2-3-7-17(15)23/h2-9,14H,10-13H2,1H3. The maximum atomic E-state index is 12.7. The largest absolute Gasteiger partial charge is 0.493 e. The monoisotopic (exact) mass is 380 g/mol. The summed E-state index contributed by atoms with van der Waals surface area (Å²) >= 11 is 1.50.